The van der Waals surface area contributed by atoms with Gasteiger partial charge in [-0.3, -0.25) is 14.4 Å². The van der Waals surface area contributed by atoms with Crippen molar-refractivity contribution in [3.05, 3.63) is 36.5 Å². The van der Waals surface area contributed by atoms with Gasteiger partial charge in [-0.05, 0) is 70.6 Å². The van der Waals surface area contributed by atoms with Crippen molar-refractivity contribution in [2.75, 3.05) is 13.2 Å². The van der Waals surface area contributed by atoms with Crippen LogP contribution in [0.1, 0.15) is 393 Å². The molecule has 464 valence electrons. The first-order chi connectivity index (χ1) is 39.0. The predicted molar refractivity (Wildman–Crippen MR) is 344 cm³/mol. The van der Waals surface area contributed by atoms with Gasteiger partial charge in [-0.15, -0.1) is 0 Å². The van der Waals surface area contributed by atoms with Crippen LogP contribution in [0.5, 0.6) is 0 Å². The average molecular weight is 1110 g/mol. The molecule has 0 aromatic heterocycles. The Morgan fingerprint density at radius 3 is 0.747 bits per heavy atom. The van der Waals surface area contributed by atoms with Crippen molar-refractivity contribution in [3.63, 3.8) is 0 Å². The first-order valence-electron chi connectivity index (χ1n) is 35.5. The van der Waals surface area contributed by atoms with E-state index in [1.165, 1.54) is 276 Å². The Morgan fingerprint density at radius 1 is 0.253 bits per heavy atom. The molecule has 0 aromatic carbocycles. The molecule has 0 fully saturated rings. The van der Waals surface area contributed by atoms with Gasteiger partial charge in [-0.2, -0.15) is 0 Å². The molecule has 1 unspecified atom stereocenters. The lowest BCUT2D eigenvalue weighted by atomic mass is 10.0. The minimum absolute atomic E-state index is 0.0741. The predicted octanol–water partition coefficient (Wildman–Crippen LogP) is 24.3. The minimum Gasteiger partial charge on any atom is -0.462 e. The maximum atomic E-state index is 12.9. The standard InChI is InChI=1S/C73H136O6/c1-4-7-10-13-16-19-22-25-28-30-31-32-33-34-35-36-37-38-39-40-41-42-44-45-48-51-54-57-60-63-66-72(75)78-69-70(68-77-71(74)65-62-59-56-53-50-47-27-24-21-18-15-12-9-6-3)79-73(76)67-64-61-58-55-52-49-46-43-29-26-23-20-17-14-11-8-5-2/h15,18,24,26-27,29,70H,4-14,16-17,19-23,25,28,30-69H2,1-3H3/b18-15-,27-24-,29-26-. The molecule has 0 aliphatic carbocycles. The molecule has 0 aromatic rings. The molecule has 0 aliphatic heterocycles. The van der Waals surface area contributed by atoms with Crippen LogP contribution >= 0.6 is 0 Å². The van der Waals surface area contributed by atoms with Crippen molar-refractivity contribution < 1.29 is 28.6 Å². The SMILES string of the molecule is CCCC/C=C\C/C=C\CCCCCCCC(=O)OCC(COC(=O)CCCCCCCCCCCCCCCCCCCCCCCCCCCCCCCC)OC(=O)CCCCCCCCC/C=C\CCCCCCCC. The summed E-state index contributed by atoms with van der Waals surface area (Å²) in [5.74, 6) is -0.867. The van der Waals surface area contributed by atoms with Crippen molar-refractivity contribution in [3.8, 4) is 0 Å². The van der Waals surface area contributed by atoms with Crippen LogP contribution in [0, 0.1) is 0 Å². The van der Waals surface area contributed by atoms with Crippen LogP contribution < -0.4 is 0 Å². The zero-order valence-corrected chi connectivity index (χ0v) is 53.4. The largest absolute Gasteiger partial charge is 0.462 e. The molecule has 0 heterocycles. The summed E-state index contributed by atoms with van der Waals surface area (Å²) in [4.78, 5) is 38.4. The lowest BCUT2D eigenvalue weighted by molar-refractivity contribution is -0.167. The summed E-state index contributed by atoms with van der Waals surface area (Å²) >= 11 is 0. The van der Waals surface area contributed by atoms with Crippen LogP contribution in [0.25, 0.3) is 0 Å². The van der Waals surface area contributed by atoms with E-state index in [9.17, 15) is 14.4 Å². The molecule has 1 atom stereocenters. The highest BCUT2D eigenvalue weighted by Gasteiger charge is 2.19. The number of esters is 3. The normalized spacial score (nSPS) is 12.2. The lowest BCUT2D eigenvalue weighted by Crippen LogP contribution is -2.30. The van der Waals surface area contributed by atoms with E-state index in [4.69, 9.17) is 14.2 Å². The minimum atomic E-state index is -0.779. The van der Waals surface area contributed by atoms with E-state index >= 15 is 0 Å². The van der Waals surface area contributed by atoms with Gasteiger partial charge in [0.1, 0.15) is 13.2 Å². The second-order valence-corrected chi connectivity index (χ2v) is 24.1. The Bertz CT molecular complexity index is 1320. The second kappa shape index (κ2) is 68.1. The average Bonchev–Trinajstić information content (AvgIpc) is 3.45. The monoisotopic (exact) mass is 1110 g/mol. The summed E-state index contributed by atoms with van der Waals surface area (Å²) in [5, 5.41) is 0. The fourth-order valence-electron chi connectivity index (χ4n) is 10.8. The summed E-state index contributed by atoms with van der Waals surface area (Å²) in [7, 11) is 0. The number of hydrogen-bond acceptors (Lipinski definition) is 6. The molecule has 0 saturated heterocycles. The first kappa shape index (κ1) is 76.6. The molecule has 0 N–H and O–H groups in total. The van der Waals surface area contributed by atoms with Crippen molar-refractivity contribution in [1.29, 1.82) is 0 Å². The van der Waals surface area contributed by atoms with Gasteiger partial charge in [-0.25, -0.2) is 0 Å². The summed E-state index contributed by atoms with van der Waals surface area (Å²) in [5.41, 5.74) is 0. The van der Waals surface area contributed by atoms with E-state index in [2.05, 4.69) is 57.2 Å². The number of ether oxygens (including phenoxy) is 3. The van der Waals surface area contributed by atoms with Crippen LogP contribution in [-0.4, -0.2) is 37.2 Å². The third kappa shape index (κ3) is 66.3. The van der Waals surface area contributed by atoms with Gasteiger partial charge >= 0.3 is 17.9 Å². The van der Waals surface area contributed by atoms with Gasteiger partial charge in [0.25, 0.3) is 0 Å². The van der Waals surface area contributed by atoms with E-state index in [1.807, 2.05) is 0 Å². The van der Waals surface area contributed by atoms with E-state index in [-0.39, 0.29) is 31.1 Å². The molecular weight excluding hydrogens is 973 g/mol. The fraction of sp³-hybridized carbons (Fsp3) is 0.877. The highest BCUT2D eigenvalue weighted by molar-refractivity contribution is 5.71. The van der Waals surface area contributed by atoms with Gasteiger partial charge in [0.05, 0.1) is 0 Å². The van der Waals surface area contributed by atoms with Gasteiger partial charge in [0.15, 0.2) is 6.10 Å². The molecule has 6 heteroatoms. The Balaban J connectivity index is 4.16. The Labute approximate surface area is 493 Å². The van der Waals surface area contributed by atoms with Crippen LogP contribution in [0.15, 0.2) is 36.5 Å². The van der Waals surface area contributed by atoms with Gasteiger partial charge < -0.3 is 14.2 Å². The smallest absolute Gasteiger partial charge is 0.306 e. The fourth-order valence-corrected chi connectivity index (χ4v) is 10.8. The third-order valence-corrected chi connectivity index (χ3v) is 16.1. The van der Waals surface area contributed by atoms with Crippen molar-refractivity contribution in [2.45, 2.75) is 399 Å². The van der Waals surface area contributed by atoms with E-state index < -0.39 is 6.10 Å². The number of carbonyl (C=O) groups excluding carboxylic acids is 3. The highest BCUT2D eigenvalue weighted by Crippen LogP contribution is 2.19. The summed E-state index contributed by atoms with van der Waals surface area (Å²) in [6.45, 7) is 6.65. The molecular formula is C73H136O6. The zero-order chi connectivity index (χ0) is 57.1. The van der Waals surface area contributed by atoms with Crippen LogP contribution in [0.4, 0.5) is 0 Å². The number of unbranched alkanes of at least 4 members (excludes halogenated alkanes) is 49. The van der Waals surface area contributed by atoms with Crippen molar-refractivity contribution >= 4 is 17.9 Å². The maximum Gasteiger partial charge on any atom is 0.306 e. The summed E-state index contributed by atoms with van der Waals surface area (Å²) < 4.78 is 17.0. The lowest BCUT2D eigenvalue weighted by Gasteiger charge is -2.18. The number of carbonyl (C=O) groups is 3. The summed E-state index contributed by atoms with van der Waals surface area (Å²) in [6.07, 6.45) is 84.7. The molecule has 0 aliphatic rings. The van der Waals surface area contributed by atoms with E-state index in [0.29, 0.717) is 19.3 Å². The third-order valence-electron chi connectivity index (χ3n) is 16.1. The van der Waals surface area contributed by atoms with E-state index in [1.54, 1.807) is 0 Å². The molecule has 0 radical (unpaired) electrons. The van der Waals surface area contributed by atoms with Gasteiger partial charge in [0, 0.05) is 19.3 Å². The van der Waals surface area contributed by atoms with E-state index in [0.717, 1.165) is 77.0 Å². The van der Waals surface area contributed by atoms with Gasteiger partial charge in [-0.1, -0.05) is 340 Å². The first-order valence-corrected chi connectivity index (χ1v) is 35.5. The molecule has 0 bridgehead atoms. The number of rotatable bonds is 66. The van der Waals surface area contributed by atoms with Crippen LogP contribution in [0.2, 0.25) is 0 Å². The zero-order valence-electron chi connectivity index (χ0n) is 53.4. The topological polar surface area (TPSA) is 78.9 Å². The Kier molecular flexibility index (Phi) is 66.1. The highest BCUT2D eigenvalue weighted by atomic mass is 16.6. The molecule has 0 amide bonds. The quantitative estimate of drug-likeness (QED) is 0.0261. The molecule has 0 spiro atoms. The van der Waals surface area contributed by atoms with Crippen molar-refractivity contribution in [1.82, 2.24) is 0 Å². The van der Waals surface area contributed by atoms with Crippen LogP contribution in [-0.2, 0) is 28.6 Å². The van der Waals surface area contributed by atoms with Crippen LogP contribution in [0.3, 0.4) is 0 Å². The second-order valence-electron chi connectivity index (χ2n) is 24.1. The number of hydrogen-bond donors (Lipinski definition) is 0. The Hall–Kier alpha value is -2.37. The Morgan fingerprint density at radius 2 is 0.468 bits per heavy atom. The molecule has 6 nitrogen and oxygen atoms in total. The summed E-state index contributed by atoms with van der Waals surface area (Å²) in [6, 6.07) is 0. The molecule has 0 rings (SSSR count). The van der Waals surface area contributed by atoms with Crippen molar-refractivity contribution in [2.24, 2.45) is 0 Å². The maximum absolute atomic E-state index is 12.9. The molecule has 79 heavy (non-hydrogen) atoms. The molecule has 0 saturated carbocycles. The number of allylic oxidation sites excluding steroid dienone is 6. The van der Waals surface area contributed by atoms with Gasteiger partial charge in [0.2, 0.25) is 0 Å².